The highest BCUT2D eigenvalue weighted by Crippen LogP contribution is 2.29. The van der Waals surface area contributed by atoms with Gasteiger partial charge in [-0.3, -0.25) is 15.0 Å². The molecule has 1 aliphatic carbocycles. The van der Waals surface area contributed by atoms with Gasteiger partial charge in [-0.05, 0) is 36.3 Å². The lowest BCUT2D eigenvalue weighted by molar-refractivity contribution is 0.0789. The fraction of sp³-hybridized carbons (Fsp3) is 0.556. The maximum atomic E-state index is 12.1. The predicted octanol–water partition coefficient (Wildman–Crippen LogP) is 5.76. The van der Waals surface area contributed by atoms with E-state index in [0.29, 0.717) is 25.3 Å². The molecule has 0 saturated heterocycles. The van der Waals surface area contributed by atoms with Crippen molar-refractivity contribution in [1.82, 2.24) is 15.0 Å². The lowest BCUT2D eigenvalue weighted by atomic mass is 9.84. The highest BCUT2D eigenvalue weighted by Gasteiger charge is 2.30. The van der Waals surface area contributed by atoms with Gasteiger partial charge in [0, 0.05) is 13.6 Å². The minimum absolute atomic E-state index is 0.249. The van der Waals surface area contributed by atoms with Crippen molar-refractivity contribution in [3.8, 4) is 0 Å². The van der Waals surface area contributed by atoms with Crippen LogP contribution >= 0.6 is 0 Å². The molecule has 1 aliphatic rings. The number of rotatable bonds is 16. The summed E-state index contributed by atoms with van der Waals surface area (Å²) in [4.78, 5) is 35.3. The molecule has 36 heavy (non-hydrogen) atoms. The molecule has 0 unspecified atom stereocenters. The SMILES string of the molecule is CN(C[C@H](Cc1ccccc1)N(C[C@H](CC1CCCCC1)N(CCc1ccccc1)N=O)N=O)N=O. The zero-order valence-corrected chi connectivity index (χ0v) is 21.2. The third-order valence-corrected chi connectivity index (χ3v) is 7.18. The van der Waals surface area contributed by atoms with Crippen LogP contribution in [0.25, 0.3) is 0 Å². The minimum atomic E-state index is -0.371. The first-order valence-electron chi connectivity index (χ1n) is 12.9. The van der Waals surface area contributed by atoms with Gasteiger partial charge in [-0.15, -0.1) is 14.7 Å². The summed E-state index contributed by atoms with van der Waals surface area (Å²) in [5.74, 6) is 0.491. The van der Waals surface area contributed by atoms with Crippen LogP contribution in [0, 0.1) is 20.6 Å². The Labute approximate surface area is 213 Å². The summed E-state index contributed by atoms with van der Waals surface area (Å²) < 4.78 is 0. The smallest absolute Gasteiger partial charge is 0.0736 e. The highest BCUT2D eigenvalue weighted by molar-refractivity contribution is 5.16. The highest BCUT2D eigenvalue weighted by atomic mass is 16.3. The molecule has 0 radical (unpaired) electrons. The monoisotopic (exact) mass is 494 g/mol. The molecule has 0 heterocycles. The number of hydrogen-bond donors (Lipinski definition) is 0. The molecular weight excluding hydrogens is 456 g/mol. The summed E-state index contributed by atoms with van der Waals surface area (Å²) in [5, 5.41) is 14.2. The topological polar surface area (TPSA) is 98.0 Å². The lowest BCUT2D eigenvalue weighted by Gasteiger charge is -2.36. The molecule has 0 aromatic heterocycles. The van der Waals surface area contributed by atoms with Crippen molar-refractivity contribution in [2.75, 3.05) is 26.7 Å². The van der Waals surface area contributed by atoms with Crippen LogP contribution in [0.1, 0.15) is 49.7 Å². The fourth-order valence-electron chi connectivity index (χ4n) is 5.23. The van der Waals surface area contributed by atoms with E-state index in [1.54, 1.807) is 12.1 Å². The normalized spacial score (nSPS) is 15.5. The Hall–Kier alpha value is -3.36. The van der Waals surface area contributed by atoms with Crippen LogP contribution in [0.5, 0.6) is 0 Å². The molecule has 1 saturated carbocycles. The van der Waals surface area contributed by atoms with Gasteiger partial charge >= 0.3 is 0 Å². The molecule has 2 aromatic carbocycles. The van der Waals surface area contributed by atoms with Crippen molar-refractivity contribution in [3.05, 3.63) is 86.5 Å². The summed E-state index contributed by atoms with van der Waals surface area (Å²) in [6.45, 7) is 0.986. The van der Waals surface area contributed by atoms with Crippen molar-refractivity contribution < 1.29 is 0 Å². The average molecular weight is 495 g/mol. The Morgan fingerprint density at radius 1 is 0.750 bits per heavy atom. The average Bonchev–Trinajstić information content (AvgIpc) is 2.93. The lowest BCUT2D eigenvalue weighted by Crippen LogP contribution is -2.48. The molecule has 194 valence electrons. The minimum Gasteiger partial charge on any atom is -0.262 e. The molecule has 1 fully saturated rings. The molecule has 2 aromatic rings. The van der Waals surface area contributed by atoms with Crippen LogP contribution in [-0.2, 0) is 12.8 Å². The standard InChI is InChI=1S/C27H38N6O3/c1-31(28-34)21-26(19-24-13-7-3-8-14-24)33(30-36)22-27(20-25-15-9-4-10-16-25)32(29-35)18-17-23-11-5-2-6-12-23/h2-3,5-8,11-14,25-27H,4,9-10,15-22H2,1H3/t26-,27-/m0/s1. The first kappa shape index (κ1) is 27.2. The number of nitrogens with zero attached hydrogens (tertiary/aromatic N) is 6. The van der Waals surface area contributed by atoms with Crippen LogP contribution in [0.2, 0.25) is 0 Å². The van der Waals surface area contributed by atoms with E-state index in [1.807, 2.05) is 60.7 Å². The fourth-order valence-corrected chi connectivity index (χ4v) is 5.23. The van der Waals surface area contributed by atoms with Crippen molar-refractivity contribution in [2.24, 2.45) is 21.8 Å². The van der Waals surface area contributed by atoms with Crippen LogP contribution in [0.4, 0.5) is 0 Å². The third kappa shape index (κ3) is 8.70. The van der Waals surface area contributed by atoms with Crippen molar-refractivity contribution in [1.29, 1.82) is 0 Å². The number of nitroso groups, excluding NO2 is 3. The predicted molar refractivity (Wildman–Crippen MR) is 142 cm³/mol. The second kappa shape index (κ2) is 14.9. The molecular formula is C27H38N6O3. The van der Waals surface area contributed by atoms with Crippen molar-refractivity contribution in [2.45, 2.75) is 63.5 Å². The van der Waals surface area contributed by atoms with E-state index < -0.39 is 0 Å². The van der Waals surface area contributed by atoms with Crippen LogP contribution < -0.4 is 0 Å². The van der Waals surface area contributed by atoms with E-state index in [0.717, 1.165) is 30.4 Å². The molecule has 9 heteroatoms. The number of hydrogen-bond acceptors (Lipinski definition) is 6. The first-order chi connectivity index (χ1) is 17.6. The van der Waals surface area contributed by atoms with E-state index in [-0.39, 0.29) is 25.2 Å². The Balaban J connectivity index is 1.79. The third-order valence-electron chi connectivity index (χ3n) is 7.18. The summed E-state index contributed by atoms with van der Waals surface area (Å²) >= 11 is 0. The number of benzene rings is 2. The molecule has 2 atom stereocenters. The molecule has 0 spiro atoms. The van der Waals surface area contributed by atoms with Gasteiger partial charge in [0.25, 0.3) is 0 Å². The van der Waals surface area contributed by atoms with Crippen LogP contribution in [0.15, 0.2) is 76.5 Å². The summed E-state index contributed by atoms with van der Waals surface area (Å²) in [6.07, 6.45) is 7.89. The summed E-state index contributed by atoms with van der Waals surface area (Å²) in [7, 11) is 1.59. The Bertz CT molecular complexity index is 910. The van der Waals surface area contributed by atoms with Crippen LogP contribution in [-0.4, -0.2) is 53.8 Å². The zero-order chi connectivity index (χ0) is 25.6. The molecule has 0 bridgehead atoms. The van der Waals surface area contributed by atoms with Gasteiger partial charge < -0.3 is 0 Å². The van der Waals surface area contributed by atoms with E-state index >= 15 is 0 Å². The van der Waals surface area contributed by atoms with E-state index in [4.69, 9.17) is 0 Å². The molecule has 0 N–H and O–H groups in total. The van der Waals surface area contributed by atoms with Gasteiger partial charge in [0.1, 0.15) is 0 Å². The summed E-state index contributed by atoms with van der Waals surface area (Å²) in [5.41, 5.74) is 2.17. The molecule has 0 aliphatic heterocycles. The maximum Gasteiger partial charge on any atom is 0.0736 e. The van der Waals surface area contributed by atoms with E-state index in [9.17, 15) is 14.7 Å². The van der Waals surface area contributed by atoms with E-state index in [1.165, 1.54) is 29.3 Å². The van der Waals surface area contributed by atoms with Gasteiger partial charge in [0.05, 0.1) is 41.0 Å². The molecule has 3 rings (SSSR count). The summed E-state index contributed by atoms with van der Waals surface area (Å²) in [6, 6.07) is 19.2. The van der Waals surface area contributed by atoms with Gasteiger partial charge in [0.2, 0.25) is 0 Å². The van der Waals surface area contributed by atoms with Gasteiger partial charge in [-0.25, -0.2) is 0 Å². The van der Waals surface area contributed by atoms with Crippen molar-refractivity contribution >= 4 is 0 Å². The second-order valence-electron chi connectivity index (χ2n) is 9.84. The van der Waals surface area contributed by atoms with E-state index in [2.05, 4.69) is 15.9 Å². The Kier molecular flexibility index (Phi) is 11.3. The van der Waals surface area contributed by atoms with Gasteiger partial charge in [0.15, 0.2) is 0 Å². The van der Waals surface area contributed by atoms with Gasteiger partial charge in [-0.1, -0.05) is 92.8 Å². The molecule has 0 amide bonds. The quantitative estimate of drug-likeness (QED) is 0.217. The first-order valence-corrected chi connectivity index (χ1v) is 12.9. The van der Waals surface area contributed by atoms with Gasteiger partial charge in [-0.2, -0.15) is 0 Å². The molecule has 9 nitrogen and oxygen atoms in total. The Morgan fingerprint density at radius 2 is 1.36 bits per heavy atom. The van der Waals surface area contributed by atoms with Crippen LogP contribution in [0.3, 0.4) is 0 Å². The Morgan fingerprint density at radius 3 is 1.94 bits per heavy atom. The largest absolute Gasteiger partial charge is 0.262 e. The maximum absolute atomic E-state index is 12.1. The van der Waals surface area contributed by atoms with Crippen molar-refractivity contribution in [3.63, 3.8) is 0 Å². The second-order valence-corrected chi connectivity index (χ2v) is 9.84. The number of likely N-dealkylation sites (N-methyl/N-ethyl adjacent to an activating group) is 1. The zero-order valence-electron chi connectivity index (χ0n) is 21.2.